The molecule has 0 saturated heterocycles. The first-order chi connectivity index (χ1) is 10.1. The minimum atomic E-state index is -0.457. The molecule has 2 rings (SSSR count). The van der Waals surface area contributed by atoms with E-state index in [0.717, 1.165) is 22.2 Å². The first kappa shape index (κ1) is 15.9. The van der Waals surface area contributed by atoms with E-state index < -0.39 is 17.7 Å². The van der Waals surface area contributed by atoms with Crippen LogP contribution < -0.4 is 10.1 Å². The summed E-state index contributed by atoms with van der Waals surface area (Å²) in [5, 5.41) is 3.18. The highest BCUT2D eigenvalue weighted by Gasteiger charge is 2.19. The maximum absolute atomic E-state index is 14.0. The summed E-state index contributed by atoms with van der Waals surface area (Å²) < 4.78 is 33.4. The minimum Gasteiger partial charge on any atom is -0.496 e. The van der Waals surface area contributed by atoms with Crippen LogP contribution in [0.25, 0.3) is 0 Å². The van der Waals surface area contributed by atoms with Crippen molar-refractivity contribution in [1.29, 1.82) is 0 Å². The van der Waals surface area contributed by atoms with Crippen molar-refractivity contribution in [3.8, 4) is 5.75 Å². The molecule has 0 aliphatic rings. The normalized spacial score (nSPS) is 12.2. The molecular weight excluding hydrogens is 340 g/mol. The Bertz CT molecular complexity index is 634. The van der Waals surface area contributed by atoms with E-state index in [1.807, 2.05) is 19.1 Å². The van der Waals surface area contributed by atoms with Crippen molar-refractivity contribution in [2.75, 3.05) is 13.7 Å². The number of rotatable bonds is 5. The maximum atomic E-state index is 14.0. The molecule has 21 heavy (non-hydrogen) atoms. The third kappa shape index (κ3) is 3.60. The summed E-state index contributed by atoms with van der Waals surface area (Å²) in [5.41, 5.74) is 1.11. The van der Waals surface area contributed by atoms with E-state index in [-0.39, 0.29) is 5.56 Å². The van der Waals surface area contributed by atoms with Gasteiger partial charge in [0, 0.05) is 5.56 Å². The third-order valence-corrected chi connectivity index (χ3v) is 3.81. The predicted octanol–water partition coefficient (Wildman–Crippen LogP) is 4.43. The average Bonchev–Trinajstić information content (AvgIpc) is 2.47. The molecule has 0 fully saturated rings. The van der Waals surface area contributed by atoms with Gasteiger partial charge in [-0.15, -0.1) is 0 Å². The lowest BCUT2D eigenvalue weighted by atomic mass is 9.98. The summed E-state index contributed by atoms with van der Waals surface area (Å²) in [6.07, 6.45) is 0. The predicted molar refractivity (Wildman–Crippen MR) is 82.6 cm³/mol. The van der Waals surface area contributed by atoms with Crippen LogP contribution in [0.15, 0.2) is 40.9 Å². The van der Waals surface area contributed by atoms with Crippen molar-refractivity contribution in [3.63, 3.8) is 0 Å². The molecule has 0 radical (unpaired) electrons. The first-order valence-electron chi connectivity index (χ1n) is 6.58. The fourth-order valence-electron chi connectivity index (χ4n) is 2.21. The number of ether oxygens (including phenoxy) is 1. The summed E-state index contributed by atoms with van der Waals surface area (Å²) in [4.78, 5) is 0. The zero-order valence-corrected chi connectivity index (χ0v) is 13.4. The Kier molecular flexibility index (Phi) is 5.31. The van der Waals surface area contributed by atoms with E-state index in [4.69, 9.17) is 4.74 Å². The van der Waals surface area contributed by atoms with E-state index in [1.165, 1.54) is 6.07 Å². The van der Waals surface area contributed by atoms with E-state index in [2.05, 4.69) is 21.2 Å². The molecule has 2 aromatic carbocycles. The van der Waals surface area contributed by atoms with Gasteiger partial charge in [-0.3, -0.25) is 0 Å². The van der Waals surface area contributed by atoms with Gasteiger partial charge in [0.25, 0.3) is 0 Å². The van der Waals surface area contributed by atoms with Gasteiger partial charge in [-0.2, -0.15) is 0 Å². The second-order valence-electron chi connectivity index (χ2n) is 4.55. The lowest BCUT2D eigenvalue weighted by Crippen LogP contribution is -2.23. The zero-order valence-electron chi connectivity index (χ0n) is 11.8. The molecule has 0 aliphatic heterocycles. The van der Waals surface area contributed by atoms with E-state index in [9.17, 15) is 8.78 Å². The van der Waals surface area contributed by atoms with Gasteiger partial charge in [-0.1, -0.05) is 13.0 Å². The van der Waals surface area contributed by atoms with Crippen LogP contribution in [0.4, 0.5) is 8.78 Å². The Morgan fingerprint density at radius 2 is 1.95 bits per heavy atom. The molecule has 0 aliphatic carbocycles. The van der Waals surface area contributed by atoms with Crippen molar-refractivity contribution in [3.05, 3.63) is 63.6 Å². The van der Waals surface area contributed by atoms with Crippen molar-refractivity contribution in [2.45, 2.75) is 13.0 Å². The van der Waals surface area contributed by atoms with E-state index in [1.54, 1.807) is 13.2 Å². The molecule has 1 unspecified atom stereocenters. The van der Waals surface area contributed by atoms with E-state index >= 15 is 0 Å². The van der Waals surface area contributed by atoms with Crippen molar-refractivity contribution < 1.29 is 13.5 Å². The molecule has 1 N–H and O–H groups in total. The Labute approximate surface area is 131 Å². The van der Waals surface area contributed by atoms with E-state index in [0.29, 0.717) is 12.3 Å². The van der Waals surface area contributed by atoms with Crippen LogP contribution in [0.1, 0.15) is 24.1 Å². The first-order valence-corrected chi connectivity index (χ1v) is 7.38. The molecule has 0 amide bonds. The number of benzene rings is 2. The van der Waals surface area contributed by atoms with Crippen LogP contribution >= 0.6 is 15.9 Å². The summed E-state index contributed by atoms with van der Waals surface area (Å²) >= 11 is 3.41. The molecular formula is C16H16BrF2NO. The fraction of sp³-hybridized carbons (Fsp3) is 0.250. The van der Waals surface area contributed by atoms with Gasteiger partial charge in [0.1, 0.15) is 17.4 Å². The monoisotopic (exact) mass is 355 g/mol. The van der Waals surface area contributed by atoms with Crippen LogP contribution in [0.2, 0.25) is 0 Å². The number of hydrogen-bond acceptors (Lipinski definition) is 2. The van der Waals surface area contributed by atoms with Gasteiger partial charge in [0.15, 0.2) is 0 Å². The van der Waals surface area contributed by atoms with Gasteiger partial charge in [0.2, 0.25) is 0 Å². The second kappa shape index (κ2) is 7.00. The summed E-state index contributed by atoms with van der Waals surface area (Å²) in [5.74, 6) is -0.204. The maximum Gasteiger partial charge on any atom is 0.133 e. The van der Waals surface area contributed by atoms with Gasteiger partial charge < -0.3 is 10.1 Å². The highest BCUT2D eigenvalue weighted by Crippen LogP contribution is 2.31. The van der Waals surface area contributed by atoms with Crippen LogP contribution in [0.5, 0.6) is 5.75 Å². The quantitative estimate of drug-likeness (QED) is 0.856. The molecule has 0 bridgehead atoms. The zero-order chi connectivity index (χ0) is 15.4. The topological polar surface area (TPSA) is 21.3 Å². The van der Waals surface area contributed by atoms with Crippen LogP contribution in [0.3, 0.4) is 0 Å². The van der Waals surface area contributed by atoms with Crippen molar-refractivity contribution in [2.24, 2.45) is 0 Å². The molecule has 2 nitrogen and oxygen atoms in total. The second-order valence-corrected chi connectivity index (χ2v) is 5.40. The van der Waals surface area contributed by atoms with Crippen molar-refractivity contribution >= 4 is 15.9 Å². The highest BCUT2D eigenvalue weighted by atomic mass is 79.9. The smallest absolute Gasteiger partial charge is 0.133 e. The van der Waals surface area contributed by atoms with Gasteiger partial charge >= 0.3 is 0 Å². The number of nitrogens with one attached hydrogen (secondary N) is 1. The van der Waals surface area contributed by atoms with Crippen molar-refractivity contribution in [1.82, 2.24) is 5.32 Å². The minimum absolute atomic E-state index is 0.286. The van der Waals surface area contributed by atoms with Crippen LogP contribution in [-0.4, -0.2) is 13.7 Å². The lowest BCUT2D eigenvalue weighted by Gasteiger charge is -2.20. The Hall–Kier alpha value is -1.46. The van der Waals surface area contributed by atoms with Gasteiger partial charge in [-0.05, 0) is 58.4 Å². The molecule has 5 heteroatoms. The number of hydrogen-bond donors (Lipinski definition) is 1. The third-order valence-electron chi connectivity index (χ3n) is 3.19. The molecule has 1 atom stereocenters. The van der Waals surface area contributed by atoms with Crippen LogP contribution in [0, 0.1) is 11.6 Å². The highest BCUT2D eigenvalue weighted by molar-refractivity contribution is 9.10. The van der Waals surface area contributed by atoms with Crippen LogP contribution in [-0.2, 0) is 0 Å². The SMILES string of the molecule is CCNC(c1ccc(OC)c(Br)c1)c1cc(F)ccc1F. The molecule has 112 valence electrons. The average molecular weight is 356 g/mol. The standard InChI is InChI=1S/C16H16BrF2NO/c1-3-20-16(12-9-11(18)5-6-14(12)19)10-4-7-15(21-2)13(17)8-10/h4-9,16,20H,3H2,1-2H3. The Morgan fingerprint density at radius 3 is 2.57 bits per heavy atom. The lowest BCUT2D eigenvalue weighted by molar-refractivity contribution is 0.411. The summed E-state index contributed by atoms with van der Waals surface area (Å²) in [6, 6.07) is 8.53. The summed E-state index contributed by atoms with van der Waals surface area (Å²) in [7, 11) is 1.58. The molecule has 0 spiro atoms. The fourth-order valence-corrected chi connectivity index (χ4v) is 2.77. The molecule has 0 heterocycles. The largest absolute Gasteiger partial charge is 0.496 e. The Balaban J connectivity index is 2.48. The van der Waals surface area contributed by atoms with Gasteiger partial charge in [-0.25, -0.2) is 8.78 Å². The summed E-state index contributed by atoms with van der Waals surface area (Å²) in [6.45, 7) is 2.55. The molecule has 2 aromatic rings. The van der Waals surface area contributed by atoms with Gasteiger partial charge in [0.05, 0.1) is 17.6 Å². The number of halogens is 3. The number of methoxy groups -OCH3 is 1. The Morgan fingerprint density at radius 1 is 1.19 bits per heavy atom. The molecule has 0 aromatic heterocycles. The molecule has 0 saturated carbocycles.